The van der Waals surface area contributed by atoms with Crippen LogP contribution < -0.4 is 5.32 Å². The third-order valence-corrected chi connectivity index (χ3v) is 3.26. The molecule has 0 bridgehead atoms. The fourth-order valence-corrected chi connectivity index (χ4v) is 2.21. The summed E-state index contributed by atoms with van der Waals surface area (Å²) in [5.74, 6) is -0.0264. The summed E-state index contributed by atoms with van der Waals surface area (Å²) in [6.45, 7) is 3.03. The molecule has 1 aromatic rings. The van der Waals surface area contributed by atoms with Crippen LogP contribution in [0.3, 0.4) is 0 Å². The predicted molar refractivity (Wildman–Crippen MR) is 69.6 cm³/mol. The molecule has 2 rings (SSSR count). The van der Waals surface area contributed by atoms with Gasteiger partial charge in [-0.05, 0) is 40.8 Å². The highest BCUT2D eigenvalue weighted by atomic mass is 127. The van der Waals surface area contributed by atoms with E-state index < -0.39 is 0 Å². The Kier molecular flexibility index (Phi) is 3.65. The molecule has 1 aromatic carbocycles. The second-order valence-corrected chi connectivity index (χ2v) is 4.95. The van der Waals surface area contributed by atoms with Crippen molar-refractivity contribution in [1.29, 1.82) is 0 Å². The molecule has 1 amide bonds. The molecule has 1 fully saturated rings. The zero-order valence-corrected chi connectivity index (χ0v) is 10.9. The lowest BCUT2D eigenvalue weighted by Crippen LogP contribution is -2.46. The minimum Gasteiger partial charge on any atom is -0.507 e. The number of phenols is 1. The van der Waals surface area contributed by atoms with Crippen LogP contribution in [0.2, 0.25) is 0 Å². The van der Waals surface area contributed by atoms with E-state index in [0.717, 1.165) is 16.7 Å². The Hall–Kier alpha value is -0.820. The van der Waals surface area contributed by atoms with Gasteiger partial charge in [0, 0.05) is 29.7 Å². The van der Waals surface area contributed by atoms with Crippen LogP contribution in [0.1, 0.15) is 10.4 Å². The van der Waals surface area contributed by atoms with Gasteiger partial charge in [-0.3, -0.25) is 4.79 Å². The second-order valence-electron chi connectivity index (χ2n) is 3.70. The number of hydrogen-bond donors (Lipinski definition) is 2. The van der Waals surface area contributed by atoms with Crippen LogP contribution in [0, 0.1) is 3.57 Å². The van der Waals surface area contributed by atoms with E-state index in [1.165, 1.54) is 0 Å². The smallest absolute Gasteiger partial charge is 0.257 e. The van der Waals surface area contributed by atoms with Crippen LogP contribution in [0.4, 0.5) is 0 Å². The van der Waals surface area contributed by atoms with Gasteiger partial charge in [0.25, 0.3) is 5.91 Å². The van der Waals surface area contributed by atoms with Gasteiger partial charge in [-0.15, -0.1) is 0 Å². The first kappa shape index (κ1) is 11.7. The molecule has 1 aliphatic heterocycles. The van der Waals surface area contributed by atoms with Gasteiger partial charge >= 0.3 is 0 Å². The first-order valence-corrected chi connectivity index (χ1v) is 6.25. The van der Waals surface area contributed by atoms with Gasteiger partial charge in [0.15, 0.2) is 0 Å². The van der Waals surface area contributed by atoms with Crippen LogP contribution in [-0.4, -0.2) is 42.1 Å². The number of halogens is 1. The Morgan fingerprint density at radius 3 is 2.75 bits per heavy atom. The summed E-state index contributed by atoms with van der Waals surface area (Å²) < 4.78 is 0.953. The number of carbonyl (C=O) groups excluding carboxylic acids is 1. The number of phenolic OH excluding ortho intramolecular Hbond substituents is 1. The normalized spacial score (nSPS) is 16.2. The monoisotopic (exact) mass is 332 g/mol. The quantitative estimate of drug-likeness (QED) is 0.756. The lowest BCUT2D eigenvalue weighted by atomic mass is 10.1. The minimum absolute atomic E-state index is 0.0592. The molecule has 5 heteroatoms. The number of nitrogens with zero attached hydrogens (tertiary/aromatic N) is 1. The van der Waals surface area contributed by atoms with E-state index in [1.54, 1.807) is 23.1 Å². The van der Waals surface area contributed by atoms with E-state index in [1.807, 2.05) is 0 Å². The maximum atomic E-state index is 12.1. The van der Waals surface area contributed by atoms with Crippen molar-refractivity contribution in [3.63, 3.8) is 0 Å². The number of amides is 1. The van der Waals surface area contributed by atoms with Crippen LogP contribution >= 0.6 is 22.6 Å². The topological polar surface area (TPSA) is 52.6 Å². The maximum absolute atomic E-state index is 12.1. The number of rotatable bonds is 1. The van der Waals surface area contributed by atoms with Crippen molar-refractivity contribution in [1.82, 2.24) is 10.2 Å². The van der Waals surface area contributed by atoms with E-state index in [4.69, 9.17) is 0 Å². The molecule has 0 aliphatic carbocycles. The Balaban J connectivity index is 2.22. The van der Waals surface area contributed by atoms with Crippen molar-refractivity contribution < 1.29 is 9.90 Å². The molecule has 0 radical (unpaired) electrons. The molecule has 1 saturated heterocycles. The van der Waals surface area contributed by atoms with Gasteiger partial charge < -0.3 is 15.3 Å². The molecule has 86 valence electrons. The van der Waals surface area contributed by atoms with Crippen molar-refractivity contribution in [3.05, 3.63) is 27.3 Å². The van der Waals surface area contributed by atoms with Crippen molar-refractivity contribution in [2.24, 2.45) is 0 Å². The maximum Gasteiger partial charge on any atom is 0.257 e. The third kappa shape index (κ3) is 2.46. The number of benzene rings is 1. The fraction of sp³-hybridized carbons (Fsp3) is 0.364. The van der Waals surface area contributed by atoms with E-state index in [0.29, 0.717) is 18.7 Å². The SMILES string of the molecule is O=C(c1cc(I)ccc1O)N1CCNCC1. The second kappa shape index (κ2) is 5.01. The lowest BCUT2D eigenvalue weighted by Gasteiger charge is -2.27. The highest BCUT2D eigenvalue weighted by Gasteiger charge is 2.20. The highest BCUT2D eigenvalue weighted by molar-refractivity contribution is 14.1. The summed E-state index contributed by atoms with van der Waals surface area (Å²) in [6, 6.07) is 5.07. The molecule has 1 heterocycles. The molecule has 2 N–H and O–H groups in total. The summed E-state index contributed by atoms with van der Waals surface area (Å²) >= 11 is 2.13. The fourth-order valence-electron chi connectivity index (χ4n) is 1.72. The summed E-state index contributed by atoms with van der Waals surface area (Å²) in [5, 5.41) is 12.9. The van der Waals surface area contributed by atoms with Gasteiger partial charge in [-0.25, -0.2) is 0 Å². The Labute approximate surface area is 108 Å². The van der Waals surface area contributed by atoms with E-state index in [9.17, 15) is 9.90 Å². The molecular formula is C11H13IN2O2. The van der Waals surface area contributed by atoms with E-state index >= 15 is 0 Å². The van der Waals surface area contributed by atoms with Crippen LogP contribution in [0.25, 0.3) is 0 Å². The van der Waals surface area contributed by atoms with E-state index in [-0.39, 0.29) is 11.7 Å². The van der Waals surface area contributed by atoms with Gasteiger partial charge in [0.1, 0.15) is 5.75 Å². The van der Waals surface area contributed by atoms with Crippen molar-refractivity contribution in [3.8, 4) is 5.75 Å². The summed E-state index contributed by atoms with van der Waals surface area (Å²) in [7, 11) is 0. The number of nitrogens with one attached hydrogen (secondary N) is 1. The number of hydrogen-bond acceptors (Lipinski definition) is 3. The van der Waals surface area contributed by atoms with Crippen molar-refractivity contribution in [2.75, 3.05) is 26.2 Å². The Morgan fingerprint density at radius 2 is 2.06 bits per heavy atom. The third-order valence-electron chi connectivity index (χ3n) is 2.59. The summed E-state index contributed by atoms with van der Waals surface area (Å²) in [5.41, 5.74) is 0.397. The average Bonchev–Trinajstić information content (AvgIpc) is 2.32. The molecule has 0 aromatic heterocycles. The molecule has 0 unspecified atom stereocenters. The van der Waals surface area contributed by atoms with Crippen LogP contribution in [0.15, 0.2) is 18.2 Å². The zero-order chi connectivity index (χ0) is 11.5. The first-order valence-electron chi connectivity index (χ1n) is 5.17. The molecule has 16 heavy (non-hydrogen) atoms. The minimum atomic E-state index is -0.0856. The van der Waals surface area contributed by atoms with Crippen molar-refractivity contribution in [2.45, 2.75) is 0 Å². The molecule has 4 nitrogen and oxygen atoms in total. The number of carbonyl (C=O) groups is 1. The zero-order valence-electron chi connectivity index (χ0n) is 8.74. The molecular weight excluding hydrogens is 319 g/mol. The molecule has 0 saturated carbocycles. The van der Waals surface area contributed by atoms with Gasteiger partial charge in [-0.1, -0.05) is 0 Å². The van der Waals surface area contributed by atoms with Crippen molar-refractivity contribution >= 4 is 28.5 Å². The Morgan fingerprint density at radius 1 is 1.38 bits per heavy atom. The van der Waals surface area contributed by atoms with Gasteiger partial charge in [0.05, 0.1) is 5.56 Å². The summed E-state index contributed by atoms with van der Waals surface area (Å²) in [4.78, 5) is 13.9. The highest BCUT2D eigenvalue weighted by Crippen LogP contribution is 2.21. The Bertz CT molecular complexity index is 403. The average molecular weight is 332 g/mol. The van der Waals surface area contributed by atoms with E-state index in [2.05, 4.69) is 27.9 Å². The standard InChI is InChI=1S/C11H13IN2O2/c12-8-1-2-10(15)9(7-8)11(16)14-5-3-13-4-6-14/h1-2,7,13,15H,3-6H2. The number of aromatic hydroxyl groups is 1. The largest absolute Gasteiger partial charge is 0.507 e. The summed E-state index contributed by atoms with van der Waals surface area (Å²) in [6.07, 6.45) is 0. The predicted octanol–water partition coefficient (Wildman–Crippen LogP) is 1.04. The molecule has 0 atom stereocenters. The van der Waals surface area contributed by atoms with Gasteiger partial charge in [0.2, 0.25) is 0 Å². The number of piperazine rings is 1. The first-order chi connectivity index (χ1) is 7.68. The van der Waals surface area contributed by atoms with Crippen LogP contribution in [0.5, 0.6) is 5.75 Å². The molecule has 0 spiro atoms. The van der Waals surface area contributed by atoms with Crippen LogP contribution in [-0.2, 0) is 0 Å². The lowest BCUT2D eigenvalue weighted by molar-refractivity contribution is 0.0732. The van der Waals surface area contributed by atoms with Gasteiger partial charge in [-0.2, -0.15) is 0 Å². The molecule has 1 aliphatic rings.